The molecule has 1 atom stereocenters. The zero-order valence-corrected chi connectivity index (χ0v) is 16.7. The molecule has 3 amide bonds. The largest absolute Gasteiger partial charge is 0.375 e. The first-order chi connectivity index (χ1) is 14.0. The van der Waals surface area contributed by atoms with Crippen LogP contribution in [0, 0.1) is 11.7 Å². The maximum absolute atomic E-state index is 13.2. The Morgan fingerprint density at radius 1 is 1.07 bits per heavy atom. The van der Waals surface area contributed by atoms with Crippen molar-refractivity contribution in [1.82, 2.24) is 15.1 Å². The maximum atomic E-state index is 13.2. The summed E-state index contributed by atoms with van der Waals surface area (Å²) in [6.07, 6.45) is 3.19. The van der Waals surface area contributed by atoms with E-state index in [2.05, 4.69) is 5.32 Å². The quantitative estimate of drug-likeness (QED) is 0.777. The van der Waals surface area contributed by atoms with Crippen molar-refractivity contribution in [3.8, 4) is 0 Å². The third kappa shape index (κ3) is 5.32. The lowest BCUT2D eigenvalue weighted by molar-refractivity contribution is -0.137. The number of likely N-dealkylation sites (tertiary alicyclic amines) is 2. The second-order valence-electron chi connectivity index (χ2n) is 7.64. The smallest absolute Gasteiger partial charge is 0.251 e. The van der Waals surface area contributed by atoms with Crippen LogP contribution < -0.4 is 5.32 Å². The van der Waals surface area contributed by atoms with Crippen molar-refractivity contribution in [3.05, 3.63) is 35.6 Å². The number of rotatable bonds is 6. The molecule has 1 aromatic rings. The summed E-state index contributed by atoms with van der Waals surface area (Å²) in [6, 6.07) is 4.63. The van der Waals surface area contributed by atoms with Crippen molar-refractivity contribution >= 4 is 17.7 Å². The number of piperidine rings is 1. The van der Waals surface area contributed by atoms with Crippen molar-refractivity contribution in [3.63, 3.8) is 0 Å². The van der Waals surface area contributed by atoms with E-state index in [1.165, 1.54) is 31.4 Å². The molecule has 7 nitrogen and oxygen atoms in total. The van der Waals surface area contributed by atoms with Gasteiger partial charge in [-0.25, -0.2) is 4.39 Å². The van der Waals surface area contributed by atoms with Gasteiger partial charge in [0.25, 0.3) is 5.91 Å². The van der Waals surface area contributed by atoms with Gasteiger partial charge in [0.2, 0.25) is 11.8 Å². The Kier molecular flexibility index (Phi) is 7.19. The summed E-state index contributed by atoms with van der Waals surface area (Å²) < 4.78 is 18.1. The SMILES string of the molecule is COCC(=O)N1CCC(C(NC(=O)c2ccc(F)cc2)C(=O)N2CCCC2)CC1. The average molecular weight is 405 g/mol. The molecule has 2 heterocycles. The number of hydrogen-bond donors (Lipinski definition) is 1. The molecule has 2 aliphatic rings. The summed E-state index contributed by atoms with van der Waals surface area (Å²) in [4.78, 5) is 41.4. The Labute approximate surface area is 170 Å². The molecule has 1 N–H and O–H groups in total. The molecule has 0 saturated carbocycles. The fourth-order valence-electron chi connectivity index (χ4n) is 4.04. The van der Waals surface area contributed by atoms with Crippen molar-refractivity contribution in [1.29, 1.82) is 0 Å². The van der Waals surface area contributed by atoms with E-state index in [1.807, 2.05) is 0 Å². The van der Waals surface area contributed by atoms with Crippen molar-refractivity contribution in [2.45, 2.75) is 31.7 Å². The van der Waals surface area contributed by atoms with Gasteiger partial charge in [-0.2, -0.15) is 0 Å². The molecule has 0 radical (unpaired) electrons. The molecule has 0 aliphatic carbocycles. The monoisotopic (exact) mass is 405 g/mol. The third-order valence-electron chi connectivity index (χ3n) is 5.71. The summed E-state index contributed by atoms with van der Waals surface area (Å²) in [5.74, 6) is -0.998. The number of carbonyl (C=O) groups excluding carboxylic acids is 3. The van der Waals surface area contributed by atoms with E-state index in [-0.39, 0.29) is 30.2 Å². The fraction of sp³-hybridized carbons (Fsp3) is 0.571. The highest BCUT2D eigenvalue weighted by atomic mass is 19.1. The van der Waals surface area contributed by atoms with Crippen molar-refractivity contribution < 1.29 is 23.5 Å². The molecule has 1 unspecified atom stereocenters. The highest BCUT2D eigenvalue weighted by Gasteiger charge is 2.36. The van der Waals surface area contributed by atoms with Crippen LogP contribution in [-0.4, -0.2) is 73.5 Å². The molecule has 2 aliphatic heterocycles. The van der Waals surface area contributed by atoms with Crippen molar-refractivity contribution in [2.75, 3.05) is 39.9 Å². The van der Waals surface area contributed by atoms with Crippen LogP contribution in [0.2, 0.25) is 0 Å². The Balaban J connectivity index is 1.70. The van der Waals surface area contributed by atoms with Crippen LogP contribution in [0.3, 0.4) is 0 Å². The van der Waals surface area contributed by atoms with E-state index in [0.717, 1.165) is 12.8 Å². The first-order valence-electron chi connectivity index (χ1n) is 10.1. The zero-order valence-electron chi connectivity index (χ0n) is 16.7. The lowest BCUT2D eigenvalue weighted by Crippen LogP contribution is -2.54. The minimum atomic E-state index is -0.648. The predicted octanol–water partition coefficient (Wildman–Crippen LogP) is 1.43. The van der Waals surface area contributed by atoms with Crippen LogP contribution in [0.5, 0.6) is 0 Å². The van der Waals surface area contributed by atoms with Crippen molar-refractivity contribution in [2.24, 2.45) is 5.92 Å². The van der Waals surface area contributed by atoms with Gasteiger partial charge in [-0.3, -0.25) is 14.4 Å². The van der Waals surface area contributed by atoms with Gasteiger partial charge in [0.05, 0.1) is 0 Å². The Hall–Kier alpha value is -2.48. The fourth-order valence-corrected chi connectivity index (χ4v) is 4.04. The topological polar surface area (TPSA) is 79.0 Å². The van der Waals surface area contributed by atoms with Gasteiger partial charge in [-0.15, -0.1) is 0 Å². The molecule has 8 heteroatoms. The highest BCUT2D eigenvalue weighted by Crippen LogP contribution is 2.24. The molecule has 2 fully saturated rings. The van der Waals surface area contributed by atoms with Crippen LogP contribution in [0.15, 0.2) is 24.3 Å². The van der Waals surface area contributed by atoms with E-state index >= 15 is 0 Å². The molecule has 1 aromatic carbocycles. The first-order valence-corrected chi connectivity index (χ1v) is 10.1. The van der Waals surface area contributed by atoms with E-state index in [9.17, 15) is 18.8 Å². The average Bonchev–Trinajstić information content (AvgIpc) is 3.27. The predicted molar refractivity (Wildman–Crippen MR) is 105 cm³/mol. The molecule has 2 saturated heterocycles. The number of nitrogens with one attached hydrogen (secondary N) is 1. The van der Waals surface area contributed by atoms with Crippen LogP contribution in [-0.2, 0) is 14.3 Å². The number of halogens is 1. The van der Waals surface area contributed by atoms with E-state index in [0.29, 0.717) is 44.6 Å². The number of benzene rings is 1. The lowest BCUT2D eigenvalue weighted by atomic mass is 9.88. The van der Waals surface area contributed by atoms with Gasteiger partial charge in [0, 0.05) is 38.9 Å². The molecular weight excluding hydrogens is 377 g/mol. The van der Waals surface area contributed by atoms with Crippen LogP contribution in [0.1, 0.15) is 36.0 Å². The second-order valence-corrected chi connectivity index (χ2v) is 7.64. The minimum Gasteiger partial charge on any atom is -0.375 e. The number of methoxy groups -OCH3 is 1. The summed E-state index contributed by atoms with van der Waals surface area (Å²) in [5.41, 5.74) is 0.318. The van der Waals surface area contributed by atoms with Gasteiger partial charge in [-0.1, -0.05) is 0 Å². The first kappa shape index (κ1) is 21.2. The molecule has 29 heavy (non-hydrogen) atoms. The van der Waals surface area contributed by atoms with E-state index < -0.39 is 11.9 Å². The molecule has 3 rings (SSSR count). The summed E-state index contributed by atoms with van der Waals surface area (Å²) in [6.45, 7) is 2.51. The number of amides is 3. The Bertz CT molecular complexity index is 726. The number of nitrogens with zero attached hydrogens (tertiary/aromatic N) is 2. The van der Waals surface area contributed by atoms with Gasteiger partial charge >= 0.3 is 0 Å². The normalized spacial score (nSPS) is 18.6. The molecule has 0 aromatic heterocycles. The van der Waals surface area contributed by atoms with Crippen LogP contribution in [0.4, 0.5) is 4.39 Å². The highest BCUT2D eigenvalue weighted by molar-refractivity contribution is 5.97. The molecule has 0 spiro atoms. The van der Waals surface area contributed by atoms with Crippen LogP contribution in [0.25, 0.3) is 0 Å². The number of ether oxygens (including phenoxy) is 1. The zero-order chi connectivity index (χ0) is 20.8. The summed E-state index contributed by atoms with van der Waals surface area (Å²) >= 11 is 0. The minimum absolute atomic E-state index is 0.0438. The number of hydrogen-bond acceptors (Lipinski definition) is 4. The molecule has 0 bridgehead atoms. The summed E-state index contributed by atoms with van der Waals surface area (Å²) in [7, 11) is 1.49. The third-order valence-corrected chi connectivity index (χ3v) is 5.71. The Morgan fingerprint density at radius 3 is 2.28 bits per heavy atom. The van der Waals surface area contributed by atoms with E-state index in [1.54, 1.807) is 9.80 Å². The molecular formula is C21H28FN3O4. The van der Waals surface area contributed by atoms with Gasteiger partial charge in [0.15, 0.2) is 0 Å². The summed E-state index contributed by atoms with van der Waals surface area (Å²) in [5, 5.41) is 2.89. The number of carbonyl (C=O) groups is 3. The van der Waals surface area contributed by atoms with Gasteiger partial charge in [0.1, 0.15) is 18.5 Å². The van der Waals surface area contributed by atoms with Gasteiger partial charge in [-0.05, 0) is 55.9 Å². The standard InChI is InChI=1S/C21H28FN3O4/c1-29-14-18(26)24-12-8-15(9-13-24)19(21(28)25-10-2-3-11-25)23-20(27)16-4-6-17(22)7-5-16/h4-7,15,19H,2-3,8-14H2,1H3,(H,23,27). The van der Waals surface area contributed by atoms with Crippen LogP contribution >= 0.6 is 0 Å². The second kappa shape index (κ2) is 9.82. The lowest BCUT2D eigenvalue weighted by Gasteiger charge is -2.37. The Morgan fingerprint density at radius 2 is 1.69 bits per heavy atom. The molecule has 158 valence electrons. The van der Waals surface area contributed by atoms with Gasteiger partial charge < -0.3 is 19.9 Å². The maximum Gasteiger partial charge on any atom is 0.251 e. The van der Waals surface area contributed by atoms with E-state index in [4.69, 9.17) is 4.74 Å².